The van der Waals surface area contributed by atoms with Gasteiger partial charge >= 0.3 is 0 Å². The molecule has 0 N–H and O–H groups in total. The molecule has 88 valence electrons. The summed E-state index contributed by atoms with van der Waals surface area (Å²) in [6.07, 6.45) is 2.25. The SMILES string of the molecule is N#Cc1ccc(O[C@H]2CCc3ccccc32)cc1. The van der Waals surface area contributed by atoms with Crippen LogP contribution in [0.3, 0.4) is 0 Å². The highest BCUT2D eigenvalue weighted by atomic mass is 16.5. The van der Waals surface area contributed by atoms with Crippen molar-refractivity contribution in [2.75, 3.05) is 0 Å². The Morgan fingerprint density at radius 3 is 2.61 bits per heavy atom. The van der Waals surface area contributed by atoms with E-state index in [9.17, 15) is 0 Å². The van der Waals surface area contributed by atoms with Crippen LogP contribution in [0.2, 0.25) is 0 Å². The molecule has 0 aliphatic heterocycles. The van der Waals surface area contributed by atoms with E-state index in [-0.39, 0.29) is 6.10 Å². The van der Waals surface area contributed by atoms with Crippen molar-refractivity contribution in [1.29, 1.82) is 5.26 Å². The van der Waals surface area contributed by atoms with Gasteiger partial charge in [-0.15, -0.1) is 0 Å². The first-order valence-corrected chi connectivity index (χ1v) is 6.11. The number of benzene rings is 2. The summed E-state index contributed by atoms with van der Waals surface area (Å²) in [5, 5.41) is 8.75. The summed E-state index contributed by atoms with van der Waals surface area (Å²) in [6, 6.07) is 17.8. The van der Waals surface area contributed by atoms with E-state index in [1.807, 2.05) is 12.1 Å². The normalized spacial score (nSPS) is 16.9. The third kappa shape index (κ3) is 1.96. The zero-order valence-electron chi connectivity index (χ0n) is 9.97. The molecule has 0 aromatic heterocycles. The molecule has 0 amide bonds. The van der Waals surface area contributed by atoms with Gasteiger partial charge in [-0.3, -0.25) is 0 Å². The topological polar surface area (TPSA) is 33.0 Å². The molecular formula is C16H13NO. The summed E-state index contributed by atoms with van der Waals surface area (Å²) in [5.41, 5.74) is 3.34. The molecule has 1 aliphatic rings. The van der Waals surface area contributed by atoms with Gasteiger partial charge in [-0.1, -0.05) is 24.3 Å². The van der Waals surface area contributed by atoms with Crippen molar-refractivity contribution in [2.45, 2.75) is 18.9 Å². The molecule has 0 radical (unpaired) electrons. The van der Waals surface area contributed by atoms with Crippen LogP contribution in [0.4, 0.5) is 0 Å². The van der Waals surface area contributed by atoms with E-state index in [1.54, 1.807) is 12.1 Å². The van der Waals surface area contributed by atoms with Crippen LogP contribution in [0.1, 0.15) is 29.2 Å². The fourth-order valence-electron chi connectivity index (χ4n) is 2.41. The molecule has 0 saturated heterocycles. The highest BCUT2D eigenvalue weighted by Gasteiger charge is 2.23. The summed E-state index contributed by atoms with van der Waals surface area (Å²) in [7, 11) is 0. The van der Waals surface area contributed by atoms with E-state index in [0.29, 0.717) is 5.56 Å². The fraction of sp³-hybridized carbons (Fsp3) is 0.188. The van der Waals surface area contributed by atoms with Crippen molar-refractivity contribution in [1.82, 2.24) is 0 Å². The first kappa shape index (κ1) is 10.9. The third-order valence-electron chi connectivity index (χ3n) is 3.34. The van der Waals surface area contributed by atoms with Gasteiger partial charge in [0.2, 0.25) is 0 Å². The smallest absolute Gasteiger partial charge is 0.124 e. The first-order valence-electron chi connectivity index (χ1n) is 6.11. The maximum Gasteiger partial charge on any atom is 0.124 e. The Balaban J connectivity index is 1.80. The molecule has 1 aliphatic carbocycles. The average molecular weight is 235 g/mol. The van der Waals surface area contributed by atoms with E-state index in [4.69, 9.17) is 10.00 Å². The predicted octanol–water partition coefficient (Wildman–Crippen LogP) is 3.62. The van der Waals surface area contributed by atoms with E-state index < -0.39 is 0 Å². The highest BCUT2D eigenvalue weighted by Crippen LogP contribution is 2.34. The second-order valence-electron chi connectivity index (χ2n) is 4.48. The van der Waals surface area contributed by atoms with Crippen LogP contribution in [-0.2, 0) is 6.42 Å². The third-order valence-corrected chi connectivity index (χ3v) is 3.34. The van der Waals surface area contributed by atoms with Crippen molar-refractivity contribution in [3.63, 3.8) is 0 Å². The lowest BCUT2D eigenvalue weighted by molar-refractivity contribution is 0.207. The average Bonchev–Trinajstić information content (AvgIpc) is 2.83. The largest absolute Gasteiger partial charge is 0.486 e. The van der Waals surface area contributed by atoms with Crippen molar-refractivity contribution in [3.05, 3.63) is 65.2 Å². The fourth-order valence-corrected chi connectivity index (χ4v) is 2.41. The van der Waals surface area contributed by atoms with Gasteiger partial charge in [0.25, 0.3) is 0 Å². The molecule has 18 heavy (non-hydrogen) atoms. The number of aryl methyl sites for hydroxylation is 1. The minimum Gasteiger partial charge on any atom is -0.486 e. The Labute approximate surface area is 106 Å². The molecule has 0 unspecified atom stereocenters. The molecule has 1 atom stereocenters. The minimum atomic E-state index is 0.147. The lowest BCUT2D eigenvalue weighted by Crippen LogP contribution is -2.03. The Kier molecular flexibility index (Phi) is 2.74. The molecular weight excluding hydrogens is 222 g/mol. The maximum absolute atomic E-state index is 8.75. The van der Waals surface area contributed by atoms with Gasteiger partial charge in [-0.25, -0.2) is 0 Å². The molecule has 3 rings (SSSR count). The van der Waals surface area contributed by atoms with Crippen molar-refractivity contribution in [2.24, 2.45) is 0 Å². The standard InChI is InChI=1S/C16H13NO/c17-11-12-5-8-14(9-6-12)18-16-10-7-13-3-1-2-4-15(13)16/h1-6,8-9,16H,7,10H2/t16-/m0/s1. The molecule has 2 nitrogen and oxygen atoms in total. The lowest BCUT2D eigenvalue weighted by atomic mass is 10.1. The number of fused-ring (bicyclic) bond motifs is 1. The number of ether oxygens (including phenoxy) is 1. The Morgan fingerprint density at radius 2 is 1.83 bits per heavy atom. The van der Waals surface area contributed by atoms with Gasteiger partial charge in [0.1, 0.15) is 11.9 Å². The van der Waals surface area contributed by atoms with Crippen LogP contribution >= 0.6 is 0 Å². The first-order chi connectivity index (χ1) is 8.86. The van der Waals surface area contributed by atoms with Gasteiger partial charge in [0, 0.05) is 0 Å². The molecule has 2 aromatic rings. The van der Waals surface area contributed by atoms with Crippen LogP contribution < -0.4 is 4.74 Å². The Bertz CT molecular complexity index is 595. The van der Waals surface area contributed by atoms with Crippen LogP contribution in [-0.4, -0.2) is 0 Å². The van der Waals surface area contributed by atoms with Gasteiger partial charge in [0.15, 0.2) is 0 Å². The van der Waals surface area contributed by atoms with Gasteiger partial charge in [-0.2, -0.15) is 5.26 Å². The Hall–Kier alpha value is -2.27. The van der Waals surface area contributed by atoms with Gasteiger partial charge in [-0.05, 0) is 48.2 Å². The quantitative estimate of drug-likeness (QED) is 0.796. The second-order valence-corrected chi connectivity index (χ2v) is 4.48. The zero-order valence-corrected chi connectivity index (χ0v) is 9.97. The summed E-state index contributed by atoms with van der Waals surface area (Å²) < 4.78 is 5.99. The van der Waals surface area contributed by atoms with Crippen molar-refractivity contribution < 1.29 is 4.74 Å². The van der Waals surface area contributed by atoms with E-state index in [1.165, 1.54) is 11.1 Å². The zero-order chi connectivity index (χ0) is 12.4. The molecule has 0 spiro atoms. The summed E-state index contributed by atoms with van der Waals surface area (Å²) in [5.74, 6) is 0.829. The van der Waals surface area contributed by atoms with E-state index in [0.717, 1.165) is 18.6 Å². The molecule has 0 heterocycles. The molecule has 2 heteroatoms. The number of hydrogen-bond acceptors (Lipinski definition) is 2. The van der Waals surface area contributed by atoms with Crippen molar-refractivity contribution in [3.8, 4) is 11.8 Å². The number of rotatable bonds is 2. The summed E-state index contributed by atoms with van der Waals surface area (Å²) in [6.45, 7) is 0. The predicted molar refractivity (Wildman–Crippen MR) is 69.3 cm³/mol. The maximum atomic E-state index is 8.75. The highest BCUT2D eigenvalue weighted by molar-refractivity contribution is 5.37. The Morgan fingerprint density at radius 1 is 1.06 bits per heavy atom. The molecule has 0 saturated carbocycles. The monoisotopic (exact) mass is 235 g/mol. The summed E-state index contributed by atoms with van der Waals surface area (Å²) >= 11 is 0. The molecule has 0 bridgehead atoms. The van der Waals surface area contributed by atoms with Crippen LogP contribution in [0, 0.1) is 11.3 Å². The van der Waals surface area contributed by atoms with Gasteiger partial charge < -0.3 is 4.74 Å². The number of hydrogen-bond donors (Lipinski definition) is 0. The second kappa shape index (κ2) is 4.54. The van der Waals surface area contributed by atoms with Gasteiger partial charge in [0.05, 0.1) is 11.6 Å². The summed E-state index contributed by atoms with van der Waals surface area (Å²) in [4.78, 5) is 0. The van der Waals surface area contributed by atoms with Crippen LogP contribution in [0.15, 0.2) is 48.5 Å². The minimum absolute atomic E-state index is 0.147. The number of nitriles is 1. The number of nitrogens with zero attached hydrogens (tertiary/aromatic N) is 1. The van der Waals surface area contributed by atoms with E-state index >= 15 is 0 Å². The van der Waals surface area contributed by atoms with Crippen LogP contribution in [0.5, 0.6) is 5.75 Å². The lowest BCUT2D eigenvalue weighted by Gasteiger charge is -2.14. The molecule has 0 fully saturated rings. The molecule has 2 aromatic carbocycles. The van der Waals surface area contributed by atoms with Crippen LogP contribution in [0.25, 0.3) is 0 Å². The van der Waals surface area contributed by atoms with E-state index in [2.05, 4.69) is 30.3 Å². The van der Waals surface area contributed by atoms with Crippen molar-refractivity contribution >= 4 is 0 Å².